The maximum Gasteiger partial charge on any atom is 0.573 e. The molecule has 0 fully saturated rings. The zero-order valence-corrected chi connectivity index (χ0v) is 15.8. The third-order valence-corrected chi connectivity index (χ3v) is 4.96. The number of rotatable bonds is 7. The fraction of sp³-hybridized carbons (Fsp3) is 0.174. The molecule has 0 heterocycles. The maximum absolute atomic E-state index is 13.4. The summed E-state index contributed by atoms with van der Waals surface area (Å²) in [7, 11) is 0. The summed E-state index contributed by atoms with van der Waals surface area (Å²) in [6.07, 6.45) is -4.52. The van der Waals surface area contributed by atoms with Gasteiger partial charge in [-0.05, 0) is 47.4 Å². The third-order valence-electron chi connectivity index (χ3n) is 4.96. The predicted octanol–water partition coefficient (Wildman–Crippen LogP) is 5.18. The van der Waals surface area contributed by atoms with Gasteiger partial charge in [0.2, 0.25) is 0 Å². The van der Waals surface area contributed by atoms with Gasteiger partial charge in [0.1, 0.15) is 5.75 Å². The summed E-state index contributed by atoms with van der Waals surface area (Å²) in [5.41, 5.74) is 6.86. The van der Waals surface area contributed by atoms with Crippen LogP contribution in [0.1, 0.15) is 27.0 Å². The van der Waals surface area contributed by atoms with E-state index in [0.29, 0.717) is 17.5 Å². The number of hydrogen-bond donors (Lipinski definition) is 1. The van der Waals surface area contributed by atoms with E-state index in [4.69, 9.17) is 5.73 Å². The molecule has 0 amide bonds. The molecule has 0 saturated carbocycles. The lowest BCUT2D eigenvalue weighted by Crippen LogP contribution is -2.39. The van der Waals surface area contributed by atoms with E-state index in [-0.39, 0.29) is 17.9 Å². The van der Waals surface area contributed by atoms with E-state index >= 15 is 0 Å². The number of benzene rings is 3. The predicted molar refractivity (Wildman–Crippen MR) is 105 cm³/mol. The Morgan fingerprint density at radius 3 is 2.10 bits per heavy atom. The monoisotopic (exact) mass is 417 g/mol. The van der Waals surface area contributed by atoms with Crippen molar-refractivity contribution in [3.05, 3.63) is 101 Å². The van der Waals surface area contributed by atoms with Crippen molar-refractivity contribution in [2.45, 2.75) is 18.2 Å². The van der Waals surface area contributed by atoms with Crippen molar-refractivity contribution in [2.75, 3.05) is 6.54 Å². The molecule has 1 atom stereocenters. The van der Waals surface area contributed by atoms with E-state index in [1.807, 2.05) is 30.3 Å². The second-order valence-corrected chi connectivity index (χ2v) is 6.88. The molecular weight excluding hydrogens is 398 g/mol. The second kappa shape index (κ2) is 8.67. The van der Waals surface area contributed by atoms with Gasteiger partial charge in [-0.15, -0.1) is 13.2 Å². The van der Waals surface area contributed by atoms with Crippen LogP contribution in [0.3, 0.4) is 0 Å². The van der Waals surface area contributed by atoms with E-state index in [0.717, 1.165) is 5.56 Å². The Hall–Kier alpha value is -3.19. The van der Waals surface area contributed by atoms with E-state index in [1.165, 1.54) is 36.4 Å². The van der Waals surface area contributed by atoms with Gasteiger partial charge >= 0.3 is 12.4 Å². The molecule has 0 aromatic heterocycles. The Bertz CT molecular complexity index is 1020. The van der Waals surface area contributed by atoms with E-state index in [9.17, 15) is 22.4 Å². The second-order valence-electron chi connectivity index (χ2n) is 6.88. The minimum Gasteiger partial charge on any atom is -0.406 e. The topological polar surface area (TPSA) is 52.3 Å². The first-order valence-corrected chi connectivity index (χ1v) is 9.14. The average molecular weight is 417 g/mol. The van der Waals surface area contributed by atoms with Crippen LogP contribution in [0.4, 0.5) is 17.6 Å². The van der Waals surface area contributed by atoms with Crippen molar-refractivity contribution >= 4 is 6.04 Å². The summed E-state index contributed by atoms with van der Waals surface area (Å²) in [6, 6.07) is 19.1. The van der Waals surface area contributed by atoms with Crippen LogP contribution in [0.25, 0.3) is 0 Å². The molecule has 1 unspecified atom stereocenters. The zero-order chi connectivity index (χ0) is 21.8. The maximum atomic E-state index is 13.4. The van der Waals surface area contributed by atoms with Crippen molar-refractivity contribution in [3.63, 3.8) is 0 Å². The first kappa shape index (κ1) is 21.5. The zero-order valence-electron chi connectivity index (χ0n) is 15.8. The lowest BCUT2D eigenvalue weighted by atomic mass is 9.70. The Morgan fingerprint density at radius 2 is 1.50 bits per heavy atom. The molecule has 156 valence electrons. The molecule has 0 spiro atoms. The molecule has 2 N–H and O–H groups in total. The van der Waals surface area contributed by atoms with Crippen LogP contribution in [0.2, 0.25) is 0 Å². The lowest BCUT2D eigenvalue weighted by Gasteiger charge is -2.35. The fourth-order valence-electron chi connectivity index (χ4n) is 3.55. The molecule has 0 bridgehead atoms. The van der Waals surface area contributed by atoms with Crippen molar-refractivity contribution in [3.8, 4) is 5.75 Å². The van der Waals surface area contributed by atoms with Crippen LogP contribution in [-0.4, -0.2) is 18.9 Å². The summed E-state index contributed by atoms with van der Waals surface area (Å²) < 4.78 is 55.7. The SMILES string of the molecule is NCC(Cc1ccccc1)(c1cccc(OC(F)(F)F)c1)c1cccc(C(=O)F)c1. The standard InChI is InChI=1S/C23H19F4NO2/c24-21(29)17-8-4-9-18(12-17)22(15-28,14-16-6-2-1-3-7-16)19-10-5-11-20(13-19)30-23(25,26)27/h1-13H,14-15,28H2. The van der Waals surface area contributed by atoms with Gasteiger partial charge in [0, 0.05) is 12.0 Å². The van der Waals surface area contributed by atoms with Crippen LogP contribution >= 0.6 is 0 Å². The van der Waals surface area contributed by atoms with Crippen molar-refractivity contribution in [2.24, 2.45) is 5.73 Å². The summed E-state index contributed by atoms with van der Waals surface area (Å²) in [4.78, 5) is 11.3. The van der Waals surface area contributed by atoms with Crippen molar-refractivity contribution in [1.29, 1.82) is 0 Å². The van der Waals surface area contributed by atoms with Gasteiger partial charge in [-0.1, -0.05) is 54.6 Å². The molecule has 7 heteroatoms. The Labute approximate surface area is 171 Å². The summed E-state index contributed by atoms with van der Waals surface area (Å²) >= 11 is 0. The van der Waals surface area contributed by atoms with Gasteiger partial charge < -0.3 is 10.5 Å². The molecule has 30 heavy (non-hydrogen) atoms. The van der Waals surface area contributed by atoms with Gasteiger partial charge in [0.15, 0.2) is 0 Å². The molecule has 0 radical (unpaired) electrons. The van der Waals surface area contributed by atoms with Crippen molar-refractivity contribution in [1.82, 2.24) is 0 Å². The number of nitrogens with two attached hydrogens (primary N) is 1. The number of carbonyl (C=O) groups is 1. The molecule has 0 aliphatic rings. The normalized spacial score (nSPS) is 13.5. The first-order chi connectivity index (χ1) is 14.2. The van der Waals surface area contributed by atoms with E-state index in [1.54, 1.807) is 12.1 Å². The molecule has 0 aliphatic heterocycles. The molecule has 0 saturated heterocycles. The minimum atomic E-state index is -4.84. The quantitative estimate of drug-likeness (QED) is 0.426. The van der Waals surface area contributed by atoms with Crippen LogP contribution in [-0.2, 0) is 11.8 Å². The highest BCUT2D eigenvalue weighted by molar-refractivity contribution is 5.88. The highest BCUT2D eigenvalue weighted by atomic mass is 19.4. The Kier molecular flexibility index (Phi) is 6.22. The van der Waals surface area contributed by atoms with Crippen LogP contribution in [0.5, 0.6) is 5.75 Å². The Morgan fingerprint density at radius 1 is 0.867 bits per heavy atom. The highest BCUT2D eigenvalue weighted by Gasteiger charge is 2.36. The largest absolute Gasteiger partial charge is 0.573 e. The summed E-state index contributed by atoms with van der Waals surface area (Å²) in [5.74, 6) is -0.386. The molecule has 0 aliphatic carbocycles. The Balaban J connectivity index is 2.18. The first-order valence-electron chi connectivity index (χ1n) is 9.14. The number of halogens is 4. The average Bonchev–Trinajstić information content (AvgIpc) is 2.72. The van der Waals surface area contributed by atoms with Crippen LogP contribution in [0.15, 0.2) is 78.9 Å². The summed E-state index contributed by atoms with van der Waals surface area (Å²) in [6.45, 7) is 0.00128. The van der Waals surface area contributed by atoms with E-state index in [2.05, 4.69) is 4.74 Å². The van der Waals surface area contributed by atoms with Gasteiger partial charge in [-0.25, -0.2) is 0 Å². The fourth-order valence-corrected chi connectivity index (χ4v) is 3.55. The molecule has 3 aromatic rings. The molecule has 3 aromatic carbocycles. The van der Waals surface area contributed by atoms with E-state index < -0.39 is 17.8 Å². The van der Waals surface area contributed by atoms with Crippen LogP contribution in [0, 0.1) is 0 Å². The highest BCUT2D eigenvalue weighted by Crippen LogP contribution is 2.38. The minimum absolute atomic E-state index is 0.00128. The van der Waals surface area contributed by atoms with Gasteiger partial charge in [-0.3, -0.25) is 4.79 Å². The lowest BCUT2D eigenvalue weighted by molar-refractivity contribution is -0.274. The van der Waals surface area contributed by atoms with Gasteiger partial charge in [0.25, 0.3) is 0 Å². The van der Waals surface area contributed by atoms with Crippen LogP contribution < -0.4 is 10.5 Å². The molecule has 3 nitrogen and oxygen atoms in total. The number of alkyl halides is 3. The third kappa shape index (κ3) is 4.86. The summed E-state index contributed by atoms with van der Waals surface area (Å²) in [5, 5.41) is 0. The van der Waals surface area contributed by atoms with Gasteiger partial charge in [0.05, 0.1) is 5.56 Å². The van der Waals surface area contributed by atoms with Crippen molar-refractivity contribution < 1.29 is 27.1 Å². The smallest absolute Gasteiger partial charge is 0.406 e. The number of hydrogen-bond acceptors (Lipinski definition) is 3. The number of ether oxygens (including phenoxy) is 1. The number of carbonyl (C=O) groups excluding carboxylic acids is 1. The van der Waals surface area contributed by atoms with Gasteiger partial charge in [-0.2, -0.15) is 4.39 Å². The molecule has 3 rings (SSSR count). The molecular formula is C23H19F4NO2.